The number of nitrogens with zero attached hydrogens (tertiary/aromatic N) is 1. The van der Waals surface area contributed by atoms with Crippen molar-refractivity contribution in [3.05, 3.63) is 29.8 Å². The number of fused-ring (bicyclic) bond motifs is 1. The number of amides is 2. The van der Waals surface area contributed by atoms with Gasteiger partial charge in [0.1, 0.15) is 0 Å². The summed E-state index contributed by atoms with van der Waals surface area (Å²) in [4.78, 5) is 26.1. The summed E-state index contributed by atoms with van der Waals surface area (Å²) in [6, 6.07) is 7.10. The molecule has 1 saturated carbocycles. The highest BCUT2D eigenvalue weighted by atomic mass is 16.2. The highest BCUT2D eigenvalue weighted by molar-refractivity contribution is 6.10. The molecule has 1 aliphatic carbocycles. The van der Waals surface area contributed by atoms with Crippen molar-refractivity contribution in [2.75, 3.05) is 5.73 Å². The molecule has 1 saturated heterocycles. The molecule has 4 nitrogen and oxygen atoms in total. The molecule has 2 aliphatic rings. The van der Waals surface area contributed by atoms with Gasteiger partial charge in [0, 0.05) is 5.69 Å². The zero-order valence-corrected chi connectivity index (χ0v) is 11.4. The maximum Gasteiger partial charge on any atom is 0.234 e. The molecule has 19 heavy (non-hydrogen) atoms. The number of para-hydroxylation sites is 1. The van der Waals surface area contributed by atoms with Gasteiger partial charge in [-0.2, -0.15) is 0 Å². The standard InChI is InChI=1S/C15H18N2O2/c1-8(9-6-4-5-7-10(9)16)17-13(18)11-12(14(17)19)15(11,2)3/h4-8,11-12H,16H2,1-3H3. The SMILES string of the molecule is CC(c1ccccc1N)N1C(=O)C2C(C1=O)C2(C)C. The molecule has 2 fully saturated rings. The molecule has 0 bridgehead atoms. The van der Waals surface area contributed by atoms with E-state index >= 15 is 0 Å². The number of nitrogen functional groups attached to an aromatic ring is 1. The summed E-state index contributed by atoms with van der Waals surface area (Å²) in [5.74, 6) is -0.355. The number of benzene rings is 1. The van der Waals surface area contributed by atoms with E-state index in [9.17, 15) is 9.59 Å². The zero-order chi connectivity index (χ0) is 13.9. The first-order valence-corrected chi connectivity index (χ1v) is 6.58. The van der Waals surface area contributed by atoms with Gasteiger partial charge >= 0.3 is 0 Å². The lowest BCUT2D eigenvalue weighted by Crippen LogP contribution is -2.38. The predicted octanol–water partition coefficient (Wildman–Crippen LogP) is 1.97. The van der Waals surface area contributed by atoms with Crippen molar-refractivity contribution in [1.82, 2.24) is 4.90 Å². The summed E-state index contributed by atoms with van der Waals surface area (Å²) in [7, 11) is 0. The van der Waals surface area contributed by atoms with Crippen molar-refractivity contribution >= 4 is 17.5 Å². The van der Waals surface area contributed by atoms with Gasteiger partial charge in [-0.1, -0.05) is 32.0 Å². The summed E-state index contributed by atoms with van der Waals surface area (Å²) in [6.45, 7) is 5.83. The van der Waals surface area contributed by atoms with E-state index in [1.165, 1.54) is 4.90 Å². The molecule has 100 valence electrons. The number of imide groups is 1. The average molecular weight is 258 g/mol. The summed E-state index contributed by atoms with van der Waals surface area (Å²) < 4.78 is 0. The lowest BCUT2D eigenvalue weighted by Gasteiger charge is -2.27. The van der Waals surface area contributed by atoms with E-state index in [0.717, 1.165) is 5.56 Å². The Morgan fingerprint density at radius 2 is 1.68 bits per heavy atom. The van der Waals surface area contributed by atoms with Gasteiger partial charge < -0.3 is 5.73 Å². The quantitative estimate of drug-likeness (QED) is 0.651. The normalized spacial score (nSPS) is 29.3. The topological polar surface area (TPSA) is 63.4 Å². The molecule has 1 heterocycles. The fourth-order valence-electron chi connectivity index (χ4n) is 3.38. The molecular formula is C15H18N2O2. The Kier molecular flexibility index (Phi) is 2.31. The fourth-order valence-corrected chi connectivity index (χ4v) is 3.38. The van der Waals surface area contributed by atoms with Crippen LogP contribution in [0.2, 0.25) is 0 Å². The van der Waals surface area contributed by atoms with Crippen LogP contribution in [0.5, 0.6) is 0 Å². The maximum atomic E-state index is 12.4. The third kappa shape index (κ3) is 1.46. The highest BCUT2D eigenvalue weighted by Crippen LogP contribution is 2.64. The van der Waals surface area contributed by atoms with Crippen LogP contribution in [0.25, 0.3) is 0 Å². The maximum absolute atomic E-state index is 12.4. The van der Waals surface area contributed by atoms with Gasteiger partial charge in [-0.3, -0.25) is 14.5 Å². The van der Waals surface area contributed by atoms with E-state index in [1.807, 2.05) is 39.0 Å². The fraction of sp³-hybridized carbons (Fsp3) is 0.467. The van der Waals surface area contributed by atoms with Crippen molar-refractivity contribution in [1.29, 1.82) is 0 Å². The van der Waals surface area contributed by atoms with E-state index in [-0.39, 0.29) is 35.1 Å². The zero-order valence-electron chi connectivity index (χ0n) is 11.4. The Morgan fingerprint density at radius 1 is 1.16 bits per heavy atom. The molecule has 0 spiro atoms. The Bertz CT molecular complexity index is 555. The monoisotopic (exact) mass is 258 g/mol. The van der Waals surface area contributed by atoms with Crippen molar-refractivity contribution in [3.63, 3.8) is 0 Å². The molecule has 4 heteroatoms. The van der Waals surface area contributed by atoms with Gasteiger partial charge in [-0.25, -0.2) is 0 Å². The molecule has 1 aliphatic heterocycles. The molecule has 2 amide bonds. The van der Waals surface area contributed by atoms with Gasteiger partial charge in [0.25, 0.3) is 0 Å². The summed E-state index contributed by atoms with van der Waals surface area (Å²) >= 11 is 0. The van der Waals surface area contributed by atoms with Gasteiger partial charge in [0.15, 0.2) is 0 Å². The van der Waals surface area contributed by atoms with Crippen LogP contribution in [0.1, 0.15) is 32.4 Å². The van der Waals surface area contributed by atoms with Crippen LogP contribution in [0.15, 0.2) is 24.3 Å². The molecular weight excluding hydrogens is 240 g/mol. The minimum Gasteiger partial charge on any atom is -0.398 e. The van der Waals surface area contributed by atoms with Crippen molar-refractivity contribution < 1.29 is 9.59 Å². The van der Waals surface area contributed by atoms with Gasteiger partial charge in [-0.05, 0) is 24.0 Å². The molecule has 0 aromatic heterocycles. The Balaban J connectivity index is 1.91. The van der Waals surface area contributed by atoms with Crippen molar-refractivity contribution in [3.8, 4) is 0 Å². The predicted molar refractivity (Wildman–Crippen MR) is 71.9 cm³/mol. The van der Waals surface area contributed by atoms with Crippen molar-refractivity contribution in [2.45, 2.75) is 26.8 Å². The highest BCUT2D eigenvalue weighted by Gasteiger charge is 2.72. The number of rotatable bonds is 2. The second-order valence-corrected chi connectivity index (χ2v) is 6.13. The Hall–Kier alpha value is -1.84. The van der Waals surface area contributed by atoms with E-state index < -0.39 is 0 Å². The number of carbonyl (C=O) groups excluding carboxylic acids is 2. The summed E-state index contributed by atoms with van der Waals surface area (Å²) in [5.41, 5.74) is 7.23. The van der Waals surface area contributed by atoms with Gasteiger partial charge in [0.2, 0.25) is 11.8 Å². The minimum absolute atomic E-state index is 0.0456. The van der Waals surface area contributed by atoms with E-state index in [0.29, 0.717) is 5.69 Å². The molecule has 0 radical (unpaired) electrons. The molecule has 3 unspecified atom stereocenters. The first kappa shape index (κ1) is 12.2. The molecule has 3 rings (SSSR count). The third-order valence-corrected chi connectivity index (χ3v) is 4.67. The number of piperidine rings is 1. The van der Waals surface area contributed by atoms with Gasteiger partial charge in [-0.15, -0.1) is 0 Å². The Morgan fingerprint density at radius 3 is 2.21 bits per heavy atom. The number of anilines is 1. The van der Waals surface area contributed by atoms with E-state index in [1.54, 1.807) is 6.07 Å². The van der Waals surface area contributed by atoms with Crippen LogP contribution in [-0.2, 0) is 9.59 Å². The second-order valence-electron chi connectivity index (χ2n) is 6.13. The smallest absolute Gasteiger partial charge is 0.234 e. The first-order valence-electron chi connectivity index (χ1n) is 6.58. The van der Waals surface area contributed by atoms with E-state index in [2.05, 4.69) is 0 Å². The average Bonchev–Trinajstić information content (AvgIpc) is 2.79. The minimum atomic E-state index is -0.287. The summed E-state index contributed by atoms with van der Waals surface area (Å²) in [5, 5.41) is 0. The van der Waals surface area contributed by atoms with Crippen LogP contribution in [-0.4, -0.2) is 16.7 Å². The first-order chi connectivity index (χ1) is 8.87. The van der Waals surface area contributed by atoms with E-state index in [4.69, 9.17) is 5.73 Å². The van der Waals surface area contributed by atoms with Crippen LogP contribution in [0.3, 0.4) is 0 Å². The van der Waals surface area contributed by atoms with Crippen LogP contribution < -0.4 is 5.73 Å². The number of nitrogens with two attached hydrogens (primary N) is 1. The molecule has 2 N–H and O–H groups in total. The lowest BCUT2D eigenvalue weighted by molar-refractivity contribution is -0.145. The van der Waals surface area contributed by atoms with Gasteiger partial charge in [0.05, 0.1) is 17.9 Å². The van der Waals surface area contributed by atoms with Crippen molar-refractivity contribution in [2.24, 2.45) is 17.3 Å². The molecule has 1 aromatic rings. The number of hydrogen-bond acceptors (Lipinski definition) is 3. The Labute approximate surface area is 112 Å². The third-order valence-electron chi connectivity index (χ3n) is 4.67. The molecule has 3 atom stereocenters. The van der Waals surface area contributed by atoms with Crippen LogP contribution >= 0.6 is 0 Å². The summed E-state index contributed by atoms with van der Waals surface area (Å²) in [6.07, 6.45) is 0. The largest absolute Gasteiger partial charge is 0.398 e. The number of carbonyl (C=O) groups is 2. The number of likely N-dealkylation sites (tertiary alicyclic amines) is 1. The van der Waals surface area contributed by atoms with Crippen LogP contribution in [0, 0.1) is 17.3 Å². The molecule has 1 aromatic carbocycles. The van der Waals surface area contributed by atoms with Crippen LogP contribution in [0.4, 0.5) is 5.69 Å². The second kappa shape index (κ2) is 3.59. The lowest BCUT2D eigenvalue weighted by atomic mass is 10.0. The number of hydrogen-bond donors (Lipinski definition) is 1.